The number of allylic oxidation sites excluding steroid dienone is 1. The average Bonchev–Trinajstić information content (AvgIpc) is 3.21. The van der Waals surface area contributed by atoms with Crippen LogP contribution < -0.4 is 10.1 Å². The molecule has 0 fully saturated rings. The van der Waals surface area contributed by atoms with E-state index in [0.29, 0.717) is 27.9 Å². The first-order chi connectivity index (χ1) is 16.3. The van der Waals surface area contributed by atoms with E-state index < -0.39 is 0 Å². The summed E-state index contributed by atoms with van der Waals surface area (Å²) in [4.78, 5) is 20.0. The van der Waals surface area contributed by atoms with Gasteiger partial charge in [-0.2, -0.15) is 5.26 Å². The summed E-state index contributed by atoms with van der Waals surface area (Å²) in [5.41, 5.74) is 5.77. The van der Waals surface area contributed by atoms with Crippen molar-refractivity contribution in [3.63, 3.8) is 0 Å². The number of aryl methyl sites for hydroxylation is 2. The maximum atomic E-state index is 12.2. The van der Waals surface area contributed by atoms with Crippen LogP contribution in [0, 0.1) is 25.2 Å². The number of carbonyl (C=O) groups is 1. The summed E-state index contributed by atoms with van der Waals surface area (Å²) in [6.45, 7) is 3.91. The molecular formula is C26H20BrClN4O2. The number of anilines is 1. The molecule has 4 rings (SSSR count). The Hall–Kier alpha value is -3.60. The SMILES string of the molecule is Cc1cc2nc(C(C#N)=Cc3ccc(OCC(=O)Nc4ccc(Br)cc4Cl)cc3)[nH]c2cc1C. The number of nitrogens with one attached hydrogen (secondary N) is 2. The lowest BCUT2D eigenvalue weighted by Gasteiger charge is -2.09. The van der Waals surface area contributed by atoms with E-state index in [1.807, 2.05) is 38.1 Å². The molecule has 34 heavy (non-hydrogen) atoms. The van der Waals surface area contributed by atoms with Crippen LogP contribution in [0.1, 0.15) is 22.5 Å². The van der Waals surface area contributed by atoms with Gasteiger partial charge in [0.05, 0.1) is 27.3 Å². The van der Waals surface area contributed by atoms with E-state index >= 15 is 0 Å². The molecule has 0 unspecified atom stereocenters. The van der Waals surface area contributed by atoms with E-state index in [4.69, 9.17) is 16.3 Å². The Kier molecular flexibility index (Phi) is 7.01. The highest BCUT2D eigenvalue weighted by Gasteiger charge is 2.10. The van der Waals surface area contributed by atoms with Crippen molar-refractivity contribution >= 4 is 61.8 Å². The van der Waals surface area contributed by atoms with Gasteiger partial charge in [0.15, 0.2) is 6.61 Å². The number of H-pyrrole nitrogens is 1. The van der Waals surface area contributed by atoms with Crippen molar-refractivity contribution in [2.24, 2.45) is 0 Å². The van der Waals surface area contributed by atoms with Crippen LogP contribution in [0.5, 0.6) is 5.75 Å². The first-order valence-corrected chi connectivity index (χ1v) is 11.6. The van der Waals surface area contributed by atoms with Gasteiger partial charge in [-0.15, -0.1) is 0 Å². The summed E-state index contributed by atoms with van der Waals surface area (Å²) < 4.78 is 6.39. The predicted octanol–water partition coefficient (Wildman–Crippen LogP) is 6.68. The van der Waals surface area contributed by atoms with Crippen LogP contribution in [0.3, 0.4) is 0 Å². The number of amides is 1. The number of aromatic amines is 1. The number of nitriles is 1. The van der Waals surface area contributed by atoms with E-state index in [1.165, 1.54) is 0 Å². The van der Waals surface area contributed by atoms with Crippen LogP contribution in [-0.2, 0) is 4.79 Å². The number of imidazole rings is 1. The minimum Gasteiger partial charge on any atom is -0.484 e. The highest BCUT2D eigenvalue weighted by atomic mass is 79.9. The van der Waals surface area contributed by atoms with Gasteiger partial charge in [0.1, 0.15) is 17.6 Å². The number of halogens is 2. The molecule has 1 heterocycles. The highest BCUT2D eigenvalue weighted by molar-refractivity contribution is 9.10. The number of fused-ring (bicyclic) bond motifs is 1. The lowest BCUT2D eigenvalue weighted by molar-refractivity contribution is -0.118. The van der Waals surface area contributed by atoms with E-state index in [-0.39, 0.29) is 12.5 Å². The van der Waals surface area contributed by atoms with Crippen molar-refractivity contribution < 1.29 is 9.53 Å². The summed E-state index contributed by atoms with van der Waals surface area (Å²) in [7, 11) is 0. The van der Waals surface area contributed by atoms with Gasteiger partial charge in [0, 0.05) is 4.47 Å². The molecule has 2 N–H and O–H groups in total. The maximum absolute atomic E-state index is 12.2. The van der Waals surface area contributed by atoms with Gasteiger partial charge >= 0.3 is 0 Å². The quantitative estimate of drug-likeness (QED) is 0.270. The monoisotopic (exact) mass is 534 g/mol. The average molecular weight is 536 g/mol. The molecule has 0 atom stereocenters. The summed E-state index contributed by atoms with van der Waals surface area (Å²) in [5.74, 6) is 0.726. The molecule has 170 valence electrons. The Morgan fingerprint density at radius 3 is 2.62 bits per heavy atom. The van der Waals surface area contributed by atoms with Gasteiger partial charge in [-0.05, 0) is 79.1 Å². The largest absolute Gasteiger partial charge is 0.484 e. The molecule has 0 saturated carbocycles. The number of carbonyl (C=O) groups excluding carboxylic acids is 1. The van der Waals surface area contributed by atoms with Gasteiger partial charge in [0.25, 0.3) is 5.91 Å². The van der Waals surface area contributed by atoms with Crippen LogP contribution >= 0.6 is 27.5 Å². The minimum absolute atomic E-state index is 0.164. The molecule has 0 radical (unpaired) electrons. The second kappa shape index (κ2) is 10.1. The number of aromatic nitrogens is 2. The number of hydrogen-bond donors (Lipinski definition) is 2. The molecule has 0 aliphatic rings. The number of hydrogen-bond acceptors (Lipinski definition) is 4. The number of benzene rings is 3. The van der Waals surface area contributed by atoms with Gasteiger partial charge < -0.3 is 15.0 Å². The molecular weight excluding hydrogens is 516 g/mol. The molecule has 4 aromatic rings. The minimum atomic E-state index is -0.324. The first-order valence-electron chi connectivity index (χ1n) is 10.4. The Morgan fingerprint density at radius 1 is 1.18 bits per heavy atom. The van der Waals surface area contributed by atoms with Crippen molar-refractivity contribution in [3.05, 3.63) is 86.6 Å². The van der Waals surface area contributed by atoms with Crippen LogP contribution in [0.4, 0.5) is 5.69 Å². The third-order valence-electron chi connectivity index (χ3n) is 5.24. The molecule has 0 bridgehead atoms. The molecule has 3 aromatic carbocycles. The van der Waals surface area contributed by atoms with Crippen molar-refractivity contribution in [1.82, 2.24) is 9.97 Å². The van der Waals surface area contributed by atoms with Crippen molar-refractivity contribution in [2.75, 3.05) is 11.9 Å². The van der Waals surface area contributed by atoms with Crippen LogP contribution in [0.15, 0.2) is 59.1 Å². The second-order valence-corrected chi connectivity index (χ2v) is 9.06. The summed E-state index contributed by atoms with van der Waals surface area (Å²) in [6.07, 6.45) is 1.75. The van der Waals surface area contributed by atoms with Crippen molar-refractivity contribution in [2.45, 2.75) is 13.8 Å². The van der Waals surface area contributed by atoms with E-state index in [9.17, 15) is 10.1 Å². The standard InChI is InChI=1S/C26H20BrClN4O2/c1-15-9-23-24(10-16(15)2)32-26(31-23)18(13-29)11-17-3-6-20(7-4-17)34-14-25(33)30-22-8-5-19(27)12-21(22)28/h3-12H,14H2,1-2H3,(H,30,33)(H,31,32). The van der Waals surface area contributed by atoms with Crippen LogP contribution in [0.2, 0.25) is 5.02 Å². The predicted molar refractivity (Wildman–Crippen MR) is 139 cm³/mol. The zero-order valence-corrected chi connectivity index (χ0v) is 20.8. The van der Waals surface area contributed by atoms with E-state index in [2.05, 4.69) is 37.3 Å². The second-order valence-electron chi connectivity index (χ2n) is 7.74. The summed E-state index contributed by atoms with van der Waals surface area (Å²) in [5, 5.41) is 12.8. The smallest absolute Gasteiger partial charge is 0.262 e. The van der Waals surface area contributed by atoms with Crippen molar-refractivity contribution in [3.8, 4) is 11.8 Å². The summed E-state index contributed by atoms with van der Waals surface area (Å²) >= 11 is 9.45. The van der Waals surface area contributed by atoms with Crippen LogP contribution in [-0.4, -0.2) is 22.5 Å². The lowest BCUT2D eigenvalue weighted by Crippen LogP contribution is -2.20. The molecule has 1 amide bonds. The van der Waals surface area contributed by atoms with Gasteiger partial charge in [0.2, 0.25) is 0 Å². The normalized spacial score (nSPS) is 11.3. The lowest BCUT2D eigenvalue weighted by atomic mass is 10.1. The van der Waals surface area contributed by atoms with E-state index in [1.54, 1.807) is 36.4 Å². The zero-order chi connectivity index (χ0) is 24.2. The highest BCUT2D eigenvalue weighted by Crippen LogP contribution is 2.26. The fourth-order valence-corrected chi connectivity index (χ4v) is 4.02. The van der Waals surface area contributed by atoms with E-state index in [0.717, 1.165) is 32.2 Å². The Bertz CT molecular complexity index is 1410. The molecule has 0 aliphatic heterocycles. The van der Waals surface area contributed by atoms with Gasteiger partial charge in [-0.1, -0.05) is 39.7 Å². The molecule has 1 aromatic heterocycles. The summed E-state index contributed by atoms with van der Waals surface area (Å²) in [6, 6.07) is 18.6. The molecule has 6 nitrogen and oxygen atoms in total. The van der Waals surface area contributed by atoms with Gasteiger partial charge in [-0.3, -0.25) is 4.79 Å². The zero-order valence-electron chi connectivity index (χ0n) is 18.4. The van der Waals surface area contributed by atoms with Gasteiger partial charge in [-0.25, -0.2) is 4.98 Å². The number of nitrogens with zero attached hydrogens (tertiary/aromatic N) is 2. The topological polar surface area (TPSA) is 90.8 Å². The Morgan fingerprint density at radius 2 is 1.91 bits per heavy atom. The first kappa shape index (κ1) is 23.6. The fourth-order valence-electron chi connectivity index (χ4n) is 3.30. The Labute approximate surface area is 210 Å². The molecule has 0 saturated heterocycles. The molecule has 8 heteroatoms. The number of ether oxygens (including phenoxy) is 1. The van der Waals surface area contributed by atoms with Crippen molar-refractivity contribution in [1.29, 1.82) is 5.26 Å². The molecule has 0 spiro atoms. The maximum Gasteiger partial charge on any atom is 0.262 e. The number of rotatable bonds is 6. The third-order valence-corrected chi connectivity index (χ3v) is 6.05. The molecule has 0 aliphatic carbocycles. The van der Waals surface area contributed by atoms with Crippen LogP contribution in [0.25, 0.3) is 22.7 Å². The third kappa shape index (κ3) is 5.48. The Balaban J connectivity index is 1.42. The fraction of sp³-hybridized carbons (Fsp3) is 0.115.